The molecule has 2 aromatic heterocycles. The van der Waals surface area contributed by atoms with Crippen molar-refractivity contribution in [3.8, 4) is 0 Å². The molecule has 3 heterocycles. The SMILES string of the molecule is Cn1cc(S(=O)(=O)N2CC(Nc3ncccn3)C2)cn1. The molecule has 3 rings (SSSR count). The molecule has 0 aliphatic carbocycles. The Morgan fingerprint density at radius 1 is 1.30 bits per heavy atom. The van der Waals surface area contributed by atoms with Crippen LogP contribution < -0.4 is 5.32 Å². The second-order valence-electron chi connectivity index (χ2n) is 4.59. The quantitative estimate of drug-likeness (QED) is 0.832. The van der Waals surface area contributed by atoms with Gasteiger partial charge >= 0.3 is 0 Å². The molecule has 0 saturated carbocycles. The van der Waals surface area contributed by atoms with Crippen molar-refractivity contribution in [1.82, 2.24) is 24.1 Å². The van der Waals surface area contributed by atoms with E-state index < -0.39 is 10.0 Å². The average molecular weight is 294 g/mol. The third-order valence-electron chi connectivity index (χ3n) is 3.07. The molecule has 2 aromatic rings. The normalized spacial score (nSPS) is 16.9. The van der Waals surface area contributed by atoms with Crippen LogP contribution in [0.1, 0.15) is 0 Å². The first kappa shape index (κ1) is 13.0. The lowest BCUT2D eigenvalue weighted by atomic mass is 10.2. The van der Waals surface area contributed by atoms with E-state index in [1.54, 1.807) is 25.5 Å². The van der Waals surface area contributed by atoms with Crippen LogP contribution >= 0.6 is 0 Å². The Bertz CT molecular complexity index is 693. The van der Waals surface area contributed by atoms with Crippen LogP contribution in [0.25, 0.3) is 0 Å². The number of anilines is 1. The zero-order valence-corrected chi connectivity index (χ0v) is 11.7. The predicted octanol–water partition coefficient (Wildman–Crippen LogP) is -0.305. The molecule has 1 aliphatic heterocycles. The second-order valence-corrected chi connectivity index (χ2v) is 6.52. The van der Waals surface area contributed by atoms with Gasteiger partial charge in [-0.1, -0.05) is 0 Å². The van der Waals surface area contributed by atoms with Crippen LogP contribution in [0.4, 0.5) is 5.95 Å². The van der Waals surface area contributed by atoms with E-state index in [0.717, 1.165) is 0 Å². The van der Waals surface area contributed by atoms with Gasteiger partial charge in [-0.3, -0.25) is 4.68 Å². The predicted molar refractivity (Wildman–Crippen MR) is 71.4 cm³/mol. The summed E-state index contributed by atoms with van der Waals surface area (Å²) in [5.74, 6) is 0.510. The zero-order valence-electron chi connectivity index (χ0n) is 10.8. The molecule has 0 unspecified atom stereocenters. The zero-order chi connectivity index (χ0) is 14.2. The molecule has 1 fully saturated rings. The largest absolute Gasteiger partial charge is 0.349 e. The summed E-state index contributed by atoms with van der Waals surface area (Å²) >= 11 is 0. The van der Waals surface area contributed by atoms with E-state index in [2.05, 4.69) is 20.4 Å². The maximum absolute atomic E-state index is 12.2. The van der Waals surface area contributed by atoms with Crippen LogP contribution in [0.3, 0.4) is 0 Å². The molecule has 0 aromatic carbocycles. The van der Waals surface area contributed by atoms with Crippen LogP contribution in [0, 0.1) is 0 Å². The van der Waals surface area contributed by atoms with Crippen molar-refractivity contribution in [3.05, 3.63) is 30.9 Å². The second kappa shape index (κ2) is 4.84. The Balaban J connectivity index is 1.63. The Hall–Kier alpha value is -2.00. The first-order valence-electron chi connectivity index (χ1n) is 6.08. The van der Waals surface area contributed by atoms with E-state index in [9.17, 15) is 8.42 Å². The number of nitrogens with one attached hydrogen (secondary N) is 1. The molecule has 0 amide bonds. The van der Waals surface area contributed by atoms with Crippen LogP contribution in [0.5, 0.6) is 0 Å². The first-order chi connectivity index (χ1) is 9.55. The number of sulfonamides is 1. The van der Waals surface area contributed by atoms with Crippen molar-refractivity contribution in [2.45, 2.75) is 10.9 Å². The van der Waals surface area contributed by atoms with E-state index in [0.29, 0.717) is 19.0 Å². The molecule has 106 valence electrons. The molecular weight excluding hydrogens is 280 g/mol. The van der Waals surface area contributed by atoms with Gasteiger partial charge in [0.1, 0.15) is 4.90 Å². The van der Waals surface area contributed by atoms with E-state index in [4.69, 9.17) is 0 Å². The van der Waals surface area contributed by atoms with Crippen molar-refractivity contribution >= 4 is 16.0 Å². The number of hydrogen-bond donors (Lipinski definition) is 1. The molecule has 1 aliphatic rings. The highest BCUT2D eigenvalue weighted by Crippen LogP contribution is 2.22. The van der Waals surface area contributed by atoms with Gasteiger partial charge in [0.25, 0.3) is 0 Å². The maximum Gasteiger partial charge on any atom is 0.246 e. The topological polar surface area (TPSA) is 93.0 Å². The third kappa shape index (κ3) is 2.37. The highest BCUT2D eigenvalue weighted by atomic mass is 32.2. The van der Waals surface area contributed by atoms with Gasteiger partial charge in [0, 0.05) is 38.7 Å². The molecule has 1 saturated heterocycles. The Labute approximate surface area is 116 Å². The first-order valence-corrected chi connectivity index (χ1v) is 7.52. The Kier molecular flexibility index (Phi) is 3.14. The summed E-state index contributed by atoms with van der Waals surface area (Å²) in [6, 6.07) is 1.76. The molecule has 8 nitrogen and oxygen atoms in total. The fourth-order valence-electron chi connectivity index (χ4n) is 1.96. The van der Waals surface area contributed by atoms with Crippen LogP contribution in [0.15, 0.2) is 35.7 Å². The summed E-state index contributed by atoms with van der Waals surface area (Å²) in [5, 5.41) is 6.97. The molecule has 0 radical (unpaired) electrons. The maximum atomic E-state index is 12.2. The monoisotopic (exact) mass is 294 g/mol. The highest BCUT2D eigenvalue weighted by molar-refractivity contribution is 7.89. The lowest BCUT2D eigenvalue weighted by Crippen LogP contribution is -2.56. The molecule has 0 spiro atoms. The van der Waals surface area contributed by atoms with Gasteiger partial charge in [-0.15, -0.1) is 0 Å². The number of nitrogens with zero attached hydrogens (tertiary/aromatic N) is 5. The smallest absolute Gasteiger partial charge is 0.246 e. The van der Waals surface area contributed by atoms with Crippen molar-refractivity contribution in [2.75, 3.05) is 18.4 Å². The van der Waals surface area contributed by atoms with E-state index in [-0.39, 0.29) is 10.9 Å². The van der Waals surface area contributed by atoms with Gasteiger partial charge < -0.3 is 5.32 Å². The molecule has 9 heteroatoms. The van der Waals surface area contributed by atoms with Gasteiger partial charge in [0.15, 0.2) is 0 Å². The molecular formula is C11H14N6O2S. The van der Waals surface area contributed by atoms with Crippen LogP contribution in [0.2, 0.25) is 0 Å². The molecule has 1 N–H and O–H groups in total. The van der Waals surface area contributed by atoms with Gasteiger partial charge in [-0.25, -0.2) is 18.4 Å². The Morgan fingerprint density at radius 2 is 2.00 bits per heavy atom. The summed E-state index contributed by atoms with van der Waals surface area (Å²) in [5.41, 5.74) is 0. The van der Waals surface area contributed by atoms with E-state index >= 15 is 0 Å². The lowest BCUT2D eigenvalue weighted by molar-refractivity contribution is 0.280. The summed E-state index contributed by atoms with van der Waals surface area (Å²) in [4.78, 5) is 8.31. The van der Waals surface area contributed by atoms with Gasteiger partial charge in [0.05, 0.1) is 12.2 Å². The lowest BCUT2D eigenvalue weighted by Gasteiger charge is -2.37. The van der Waals surface area contributed by atoms with Crippen molar-refractivity contribution in [1.29, 1.82) is 0 Å². The number of aryl methyl sites for hydroxylation is 1. The summed E-state index contributed by atoms with van der Waals surface area (Å²) in [7, 11) is -1.75. The summed E-state index contributed by atoms with van der Waals surface area (Å²) < 4.78 is 27.4. The van der Waals surface area contributed by atoms with Crippen molar-refractivity contribution < 1.29 is 8.42 Å². The third-order valence-corrected chi connectivity index (χ3v) is 4.85. The van der Waals surface area contributed by atoms with Crippen LogP contribution in [-0.2, 0) is 17.1 Å². The average Bonchev–Trinajstić information content (AvgIpc) is 2.82. The number of aromatic nitrogens is 4. The van der Waals surface area contributed by atoms with Crippen molar-refractivity contribution in [3.63, 3.8) is 0 Å². The minimum Gasteiger partial charge on any atom is -0.349 e. The molecule has 0 bridgehead atoms. The van der Waals surface area contributed by atoms with E-state index in [1.165, 1.54) is 21.4 Å². The molecule has 20 heavy (non-hydrogen) atoms. The highest BCUT2D eigenvalue weighted by Gasteiger charge is 2.37. The minimum atomic E-state index is -3.44. The minimum absolute atomic E-state index is 0.0313. The van der Waals surface area contributed by atoms with Gasteiger partial charge in [-0.2, -0.15) is 9.40 Å². The van der Waals surface area contributed by atoms with Gasteiger partial charge in [-0.05, 0) is 6.07 Å². The van der Waals surface area contributed by atoms with Crippen molar-refractivity contribution in [2.24, 2.45) is 7.05 Å². The van der Waals surface area contributed by atoms with Gasteiger partial charge in [0.2, 0.25) is 16.0 Å². The standard InChI is InChI=1S/C11H14N6O2S/c1-16-8-10(5-14-16)20(18,19)17-6-9(7-17)15-11-12-3-2-4-13-11/h2-5,8-9H,6-7H2,1H3,(H,12,13,15). The van der Waals surface area contributed by atoms with Crippen LogP contribution in [-0.4, -0.2) is 51.6 Å². The fraction of sp³-hybridized carbons (Fsp3) is 0.364. The number of rotatable bonds is 4. The summed E-state index contributed by atoms with van der Waals surface area (Å²) in [6.07, 6.45) is 6.13. The summed E-state index contributed by atoms with van der Waals surface area (Å²) in [6.45, 7) is 0.797. The Morgan fingerprint density at radius 3 is 2.60 bits per heavy atom. The fourth-order valence-corrected chi connectivity index (χ4v) is 3.48. The molecule has 0 atom stereocenters. The number of hydrogen-bond acceptors (Lipinski definition) is 6. The van der Waals surface area contributed by atoms with E-state index in [1.807, 2.05) is 0 Å².